The molecule has 5 aliphatic carbocycles. The van der Waals surface area contributed by atoms with Crippen molar-refractivity contribution in [1.82, 2.24) is 0 Å². The molecule has 150 valence electrons. The Morgan fingerprint density at radius 1 is 1.07 bits per heavy atom. The summed E-state index contributed by atoms with van der Waals surface area (Å²) < 4.78 is 0. The van der Waals surface area contributed by atoms with E-state index in [4.69, 9.17) is 0 Å². The summed E-state index contributed by atoms with van der Waals surface area (Å²) in [7, 11) is 0. The predicted molar refractivity (Wildman–Crippen MR) is 108 cm³/mol. The van der Waals surface area contributed by atoms with Crippen LogP contribution in [0.5, 0.6) is 0 Å². The van der Waals surface area contributed by atoms with Crippen LogP contribution < -0.4 is 0 Å². The van der Waals surface area contributed by atoms with Gasteiger partial charge in [0, 0.05) is 23.7 Å². The lowest BCUT2D eigenvalue weighted by molar-refractivity contribution is -0.265. The summed E-state index contributed by atoms with van der Waals surface area (Å²) in [4.78, 5) is 12.3. The summed E-state index contributed by atoms with van der Waals surface area (Å²) >= 11 is 0. The van der Waals surface area contributed by atoms with Crippen molar-refractivity contribution >= 4 is 5.78 Å². The van der Waals surface area contributed by atoms with E-state index in [1.807, 2.05) is 0 Å². The number of carbonyl (C=O) groups is 1. The lowest BCUT2D eigenvalue weighted by Gasteiger charge is -2.71. The topological polar surface area (TPSA) is 37.3 Å². The van der Waals surface area contributed by atoms with Crippen LogP contribution in [0.2, 0.25) is 0 Å². The van der Waals surface area contributed by atoms with Gasteiger partial charge in [-0.25, -0.2) is 0 Å². The molecule has 0 aromatic heterocycles. The zero-order chi connectivity index (χ0) is 19.3. The third-order valence-electron chi connectivity index (χ3n) is 11.4. The van der Waals surface area contributed by atoms with E-state index in [1.165, 1.54) is 25.7 Å². The molecule has 0 aromatic carbocycles. The predicted octanol–water partition coefficient (Wildman–Crippen LogP) is 5.83. The van der Waals surface area contributed by atoms with Gasteiger partial charge in [0.15, 0.2) is 0 Å². The van der Waals surface area contributed by atoms with Crippen LogP contribution in [-0.2, 0) is 4.79 Å². The molecule has 5 unspecified atom stereocenters. The number of aliphatic hydroxyl groups is 1. The molecule has 0 bridgehead atoms. The molecule has 27 heavy (non-hydrogen) atoms. The van der Waals surface area contributed by atoms with Gasteiger partial charge in [0.2, 0.25) is 0 Å². The van der Waals surface area contributed by atoms with E-state index in [-0.39, 0.29) is 21.7 Å². The minimum atomic E-state index is -0.595. The average Bonchev–Trinajstić information content (AvgIpc) is 3.14. The van der Waals surface area contributed by atoms with Crippen molar-refractivity contribution in [2.45, 2.75) is 104 Å². The highest BCUT2D eigenvalue weighted by Crippen LogP contribution is 2.78. The number of rotatable bonds is 0. The van der Waals surface area contributed by atoms with Gasteiger partial charge in [0.1, 0.15) is 5.78 Å². The van der Waals surface area contributed by atoms with Crippen molar-refractivity contribution in [3.63, 3.8) is 0 Å². The molecule has 0 aliphatic heterocycles. The Morgan fingerprint density at radius 3 is 2.56 bits per heavy atom. The molecule has 2 nitrogen and oxygen atoms in total. The first kappa shape index (κ1) is 18.4. The standard InChI is InChI=1S/C25H38O2/c1-17-15-18-7-5-6-10-21(18,2)25(27)14-13-22(3)20(23(17,25)4)9-12-24(22)11-8-19(26)16-24/h7,17,20,27H,5-6,8-16H2,1-4H3/t17-,20?,21?,22?,23?,24?,25+/m1/s1. The van der Waals surface area contributed by atoms with Crippen molar-refractivity contribution in [3.8, 4) is 0 Å². The van der Waals surface area contributed by atoms with Crippen molar-refractivity contribution in [1.29, 1.82) is 0 Å². The lowest BCUT2D eigenvalue weighted by atomic mass is 9.35. The lowest BCUT2D eigenvalue weighted by Crippen LogP contribution is -2.71. The maximum atomic E-state index is 12.5. The highest BCUT2D eigenvalue weighted by atomic mass is 16.3. The molecule has 0 saturated heterocycles. The van der Waals surface area contributed by atoms with Gasteiger partial charge >= 0.3 is 0 Å². The van der Waals surface area contributed by atoms with Crippen LogP contribution in [0.15, 0.2) is 11.6 Å². The monoisotopic (exact) mass is 370 g/mol. The molecule has 5 rings (SSSR count). The fourth-order valence-corrected chi connectivity index (χ4v) is 9.49. The molecule has 4 saturated carbocycles. The highest BCUT2D eigenvalue weighted by molar-refractivity contribution is 5.81. The summed E-state index contributed by atoms with van der Waals surface area (Å²) in [5, 5.41) is 12.5. The summed E-state index contributed by atoms with van der Waals surface area (Å²) in [6, 6.07) is 0. The number of carbonyl (C=O) groups excluding carboxylic acids is 1. The second kappa shape index (κ2) is 5.29. The Morgan fingerprint density at radius 2 is 1.85 bits per heavy atom. The third-order valence-corrected chi connectivity index (χ3v) is 11.4. The molecule has 0 aromatic rings. The van der Waals surface area contributed by atoms with Crippen LogP contribution in [0, 0.1) is 33.5 Å². The van der Waals surface area contributed by atoms with Crippen molar-refractivity contribution in [2.75, 3.05) is 0 Å². The number of ketones is 1. The van der Waals surface area contributed by atoms with E-state index in [0.29, 0.717) is 17.6 Å². The molecule has 0 radical (unpaired) electrons. The van der Waals surface area contributed by atoms with Gasteiger partial charge in [-0.05, 0) is 80.5 Å². The molecule has 7 atom stereocenters. The van der Waals surface area contributed by atoms with Crippen molar-refractivity contribution in [3.05, 3.63) is 11.6 Å². The van der Waals surface area contributed by atoms with Crippen LogP contribution in [0.25, 0.3) is 0 Å². The molecule has 2 heteroatoms. The van der Waals surface area contributed by atoms with Crippen LogP contribution in [0.4, 0.5) is 0 Å². The zero-order valence-corrected chi connectivity index (χ0v) is 17.9. The first-order valence-electron chi connectivity index (χ1n) is 11.6. The fraction of sp³-hybridized carbons (Fsp3) is 0.880. The third kappa shape index (κ3) is 1.86. The second-order valence-electron chi connectivity index (χ2n) is 11.7. The van der Waals surface area contributed by atoms with Gasteiger partial charge in [-0.3, -0.25) is 4.79 Å². The zero-order valence-electron chi connectivity index (χ0n) is 17.9. The van der Waals surface area contributed by atoms with Gasteiger partial charge in [-0.2, -0.15) is 0 Å². The van der Waals surface area contributed by atoms with Crippen molar-refractivity contribution < 1.29 is 9.90 Å². The number of hydrogen-bond acceptors (Lipinski definition) is 2. The minimum absolute atomic E-state index is 0.0431. The van der Waals surface area contributed by atoms with E-state index in [0.717, 1.165) is 44.9 Å². The fourth-order valence-electron chi connectivity index (χ4n) is 9.49. The summed E-state index contributed by atoms with van der Waals surface area (Å²) in [6.07, 6.45) is 14.3. The maximum absolute atomic E-state index is 12.5. The SMILES string of the molecule is C[C@@H]1CC2=CCCCC2(C)[C@@]2(O)CCC3(C)C(CCC34CCC(=O)C4)C12C. The largest absolute Gasteiger partial charge is 0.388 e. The molecule has 1 N–H and O–H groups in total. The molecule has 1 spiro atoms. The molecular weight excluding hydrogens is 332 g/mol. The number of allylic oxidation sites excluding steroid dienone is 1. The Hall–Kier alpha value is -0.630. The summed E-state index contributed by atoms with van der Waals surface area (Å²) in [5.41, 5.74) is 1.31. The highest BCUT2D eigenvalue weighted by Gasteiger charge is 2.75. The maximum Gasteiger partial charge on any atom is 0.133 e. The van der Waals surface area contributed by atoms with Gasteiger partial charge in [0.05, 0.1) is 5.60 Å². The van der Waals surface area contributed by atoms with Crippen LogP contribution >= 0.6 is 0 Å². The van der Waals surface area contributed by atoms with Crippen molar-refractivity contribution in [2.24, 2.45) is 33.5 Å². The average molecular weight is 371 g/mol. The molecule has 4 fully saturated rings. The van der Waals surface area contributed by atoms with Gasteiger partial charge in [-0.15, -0.1) is 0 Å². The Kier molecular flexibility index (Phi) is 3.61. The van der Waals surface area contributed by atoms with E-state index >= 15 is 0 Å². The van der Waals surface area contributed by atoms with E-state index in [9.17, 15) is 9.90 Å². The van der Waals surface area contributed by atoms with Crippen LogP contribution in [-0.4, -0.2) is 16.5 Å². The smallest absolute Gasteiger partial charge is 0.133 e. The number of Topliss-reactive ketones (excluding diaryl/α,β-unsaturated/α-hetero) is 1. The molecule has 0 amide bonds. The first-order valence-corrected chi connectivity index (χ1v) is 11.6. The van der Waals surface area contributed by atoms with E-state index in [1.54, 1.807) is 5.57 Å². The van der Waals surface area contributed by atoms with Crippen LogP contribution in [0.3, 0.4) is 0 Å². The van der Waals surface area contributed by atoms with Gasteiger partial charge in [0.25, 0.3) is 0 Å². The van der Waals surface area contributed by atoms with Crippen LogP contribution in [0.1, 0.15) is 98.3 Å². The van der Waals surface area contributed by atoms with Gasteiger partial charge in [-0.1, -0.05) is 39.3 Å². The molecular formula is C25H38O2. The normalized spacial score (nSPS) is 57.2. The molecule has 0 heterocycles. The minimum Gasteiger partial charge on any atom is -0.388 e. The summed E-state index contributed by atoms with van der Waals surface area (Å²) in [6.45, 7) is 9.76. The van der Waals surface area contributed by atoms with E-state index < -0.39 is 5.60 Å². The first-order chi connectivity index (χ1) is 12.6. The number of hydrogen-bond donors (Lipinski definition) is 1. The number of fused-ring (bicyclic) bond motifs is 6. The van der Waals surface area contributed by atoms with E-state index in [2.05, 4.69) is 33.8 Å². The Labute approximate surface area is 165 Å². The summed E-state index contributed by atoms with van der Waals surface area (Å²) in [5.74, 6) is 1.55. The molecule has 5 aliphatic rings. The Balaban J connectivity index is 1.63. The second-order valence-corrected chi connectivity index (χ2v) is 11.7. The Bertz CT molecular complexity index is 724. The quantitative estimate of drug-likeness (QED) is 0.545. The van der Waals surface area contributed by atoms with Gasteiger partial charge < -0.3 is 5.11 Å².